The van der Waals surface area contributed by atoms with E-state index in [0.717, 1.165) is 28.4 Å². The molecule has 0 heterocycles. The average Bonchev–Trinajstić information content (AvgIpc) is 2.30. The molecule has 0 saturated carbocycles. The van der Waals surface area contributed by atoms with Gasteiger partial charge in [-0.05, 0) is 25.1 Å². The molecule has 1 aromatic rings. The number of methoxy groups -OCH3 is 2. The van der Waals surface area contributed by atoms with Gasteiger partial charge in [-0.1, -0.05) is 13.8 Å². The lowest BCUT2D eigenvalue weighted by Crippen LogP contribution is -2.06. The summed E-state index contributed by atoms with van der Waals surface area (Å²) in [4.78, 5) is 1.16. The number of hydrogen-bond donors (Lipinski definition) is 1. The molecule has 0 spiro atoms. The van der Waals surface area contributed by atoms with Crippen LogP contribution >= 0.6 is 11.8 Å². The van der Waals surface area contributed by atoms with Gasteiger partial charge in [-0.15, -0.1) is 11.8 Å². The molecule has 2 N–H and O–H groups in total. The highest BCUT2D eigenvalue weighted by Crippen LogP contribution is 2.36. The molecule has 0 aliphatic rings. The van der Waals surface area contributed by atoms with E-state index in [2.05, 4.69) is 26.0 Å². The second kappa shape index (κ2) is 6.77. The molecule has 0 atom stereocenters. The molecular weight excluding hydrogens is 234 g/mol. The SMILES string of the molecule is COc1cc(SC(C)C)cc(OC)c1CCN. The van der Waals surface area contributed by atoms with Crippen molar-refractivity contribution < 1.29 is 9.47 Å². The van der Waals surface area contributed by atoms with Gasteiger partial charge in [0.25, 0.3) is 0 Å². The van der Waals surface area contributed by atoms with Crippen molar-refractivity contribution in [2.75, 3.05) is 20.8 Å². The number of hydrogen-bond acceptors (Lipinski definition) is 4. The molecule has 1 rings (SSSR count). The summed E-state index contributed by atoms with van der Waals surface area (Å²) in [7, 11) is 3.36. The van der Waals surface area contributed by atoms with Crippen molar-refractivity contribution in [2.24, 2.45) is 5.73 Å². The van der Waals surface area contributed by atoms with Crippen LogP contribution < -0.4 is 15.2 Å². The van der Waals surface area contributed by atoms with Gasteiger partial charge >= 0.3 is 0 Å². The summed E-state index contributed by atoms with van der Waals surface area (Å²) < 4.78 is 10.8. The minimum Gasteiger partial charge on any atom is -0.496 e. The van der Waals surface area contributed by atoms with Crippen LogP contribution in [0.2, 0.25) is 0 Å². The molecule has 0 amide bonds. The Bertz CT molecular complexity index is 341. The second-order valence-corrected chi connectivity index (χ2v) is 5.66. The summed E-state index contributed by atoms with van der Waals surface area (Å²) in [6.45, 7) is 4.91. The van der Waals surface area contributed by atoms with E-state index in [1.54, 1.807) is 26.0 Å². The van der Waals surface area contributed by atoms with E-state index in [1.165, 1.54) is 0 Å². The van der Waals surface area contributed by atoms with Crippen LogP contribution in [-0.2, 0) is 6.42 Å². The largest absolute Gasteiger partial charge is 0.496 e. The normalized spacial score (nSPS) is 10.7. The van der Waals surface area contributed by atoms with Crippen LogP contribution in [0.15, 0.2) is 17.0 Å². The summed E-state index contributed by atoms with van der Waals surface area (Å²) in [5, 5.41) is 0.532. The van der Waals surface area contributed by atoms with E-state index in [0.29, 0.717) is 11.8 Å². The molecule has 0 aromatic heterocycles. The van der Waals surface area contributed by atoms with Gasteiger partial charge in [0.05, 0.1) is 14.2 Å². The third-order valence-electron chi connectivity index (χ3n) is 2.35. The fourth-order valence-electron chi connectivity index (χ4n) is 1.69. The predicted octanol–water partition coefficient (Wildman–Crippen LogP) is 2.71. The molecular formula is C13H21NO2S. The number of ether oxygens (including phenoxy) is 2. The van der Waals surface area contributed by atoms with Gasteiger partial charge in [-0.2, -0.15) is 0 Å². The molecule has 4 heteroatoms. The molecule has 0 saturated heterocycles. The van der Waals surface area contributed by atoms with Crippen molar-refractivity contribution in [3.05, 3.63) is 17.7 Å². The zero-order valence-corrected chi connectivity index (χ0v) is 11.8. The van der Waals surface area contributed by atoms with Gasteiger partial charge in [0.2, 0.25) is 0 Å². The van der Waals surface area contributed by atoms with Crippen LogP contribution in [0.4, 0.5) is 0 Å². The highest BCUT2D eigenvalue weighted by molar-refractivity contribution is 7.99. The first kappa shape index (κ1) is 14.2. The standard InChI is InChI=1S/C13H21NO2S/c1-9(2)17-10-7-12(15-3)11(5-6-14)13(8-10)16-4/h7-9H,5-6,14H2,1-4H3. The van der Waals surface area contributed by atoms with E-state index in [1.807, 2.05) is 0 Å². The minimum absolute atomic E-state index is 0.532. The molecule has 96 valence electrons. The van der Waals surface area contributed by atoms with Crippen molar-refractivity contribution in [3.8, 4) is 11.5 Å². The van der Waals surface area contributed by atoms with Crippen LogP contribution in [0.1, 0.15) is 19.4 Å². The number of benzene rings is 1. The van der Waals surface area contributed by atoms with Gasteiger partial charge in [-0.25, -0.2) is 0 Å². The van der Waals surface area contributed by atoms with Gasteiger partial charge in [0.15, 0.2) is 0 Å². The van der Waals surface area contributed by atoms with Crippen LogP contribution in [0.3, 0.4) is 0 Å². The van der Waals surface area contributed by atoms with E-state index in [-0.39, 0.29) is 0 Å². The Labute approximate surface area is 108 Å². The van der Waals surface area contributed by atoms with Crippen molar-refractivity contribution in [3.63, 3.8) is 0 Å². The first-order valence-electron chi connectivity index (χ1n) is 5.74. The quantitative estimate of drug-likeness (QED) is 0.794. The van der Waals surface area contributed by atoms with E-state index < -0.39 is 0 Å². The Morgan fingerprint density at radius 3 is 2.06 bits per heavy atom. The summed E-state index contributed by atoms with van der Waals surface area (Å²) in [6, 6.07) is 4.11. The first-order chi connectivity index (χ1) is 8.12. The van der Waals surface area contributed by atoms with Gasteiger partial charge < -0.3 is 15.2 Å². The zero-order valence-electron chi connectivity index (χ0n) is 10.9. The maximum atomic E-state index is 5.61. The highest BCUT2D eigenvalue weighted by Gasteiger charge is 2.12. The van der Waals surface area contributed by atoms with Gasteiger partial charge in [0.1, 0.15) is 11.5 Å². The van der Waals surface area contributed by atoms with E-state index >= 15 is 0 Å². The number of nitrogens with two attached hydrogens (primary N) is 1. The smallest absolute Gasteiger partial charge is 0.126 e. The molecule has 17 heavy (non-hydrogen) atoms. The van der Waals surface area contributed by atoms with Crippen LogP contribution in [-0.4, -0.2) is 26.0 Å². The third-order valence-corrected chi connectivity index (χ3v) is 3.33. The van der Waals surface area contributed by atoms with Crippen molar-refractivity contribution in [1.82, 2.24) is 0 Å². The molecule has 0 unspecified atom stereocenters. The Hall–Kier alpha value is -0.870. The Morgan fingerprint density at radius 2 is 1.71 bits per heavy atom. The molecule has 0 aliphatic carbocycles. The summed E-state index contributed by atoms with van der Waals surface area (Å²) in [5.41, 5.74) is 6.66. The maximum absolute atomic E-state index is 5.61. The Balaban J connectivity index is 3.13. The van der Waals surface area contributed by atoms with Gasteiger partial charge in [0, 0.05) is 15.7 Å². The van der Waals surface area contributed by atoms with Crippen LogP contribution in [0.25, 0.3) is 0 Å². The highest BCUT2D eigenvalue weighted by atomic mass is 32.2. The molecule has 0 aliphatic heterocycles. The topological polar surface area (TPSA) is 44.5 Å². The number of thioether (sulfide) groups is 1. The molecule has 1 aromatic carbocycles. The summed E-state index contributed by atoms with van der Waals surface area (Å²) in [5.74, 6) is 1.72. The monoisotopic (exact) mass is 255 g/mol. The van der Waals surface area contributed by atoms with Crippen molar-refractivity contribution >= 4 is 11.8 Å². The zero-order chi connectivity index (χ0) is 12.8. The maximum Gasteiger partial charge on any atom is 0.126 e. The molecule has 0 fully saturated rings. The van der Waals surface area contributed by atoms with E-state index in [4.69, 9.17) is 15.2 Å². The molecule has 0 bridgehead atoms. The third kappa shape index (κ3) is 3.82. The Kier molecular flexibility index (Phi) is 5.65. The lowest BCUT2D eigenvalue weighted by atomic mass is 10.1. The second-order valence-electron chi connectivity index (χ2n) is 4.01. The predicted molar refractivity (Wildman–Crippen MR) is 73.3 cm³/mol. The summed E-state index contributed by atoms with van der Waals surface area (Å²) in [6.07, 6.45) is 0.763. The van der Waals surface area contributed by atoms with E-state index in [9.17, 15) is 0 Å². The lowest BCUT2D eigenvalue weighted by molar-refractivity contribution is 0.383. The van der Waals surface area contributed by atoms with Crippen LogP contribution in [0, 0.1) is 0 Å². The van der Waals surface area contributed by atoms with Gasteiger partial charge in [-0.3, -0.25) is 0 Å². The fraction of sp³-hybridized carbons (Fsp3) is 0.538. The fourth-order valence-corrected chi connectivity index (χ4v) is 2.59. The number of rotatable bonds is 6. The first-order valence-corrected chi connectivity index (χ1v) is 6.62. The van der Waals surface area contributed by atoms with Crippen molar-refractivity contribution in [2.45, 2.75) is 30.4 Å². The minimum atomic E-state index is 0.532. The lowest BCUT2D eigenvalue weighted by Gasteiger charge is -2.15. The average molecular weight is 255 g/mol. The molecule has 0 radical (unpaired) electrons. The van der Waals surface area contributed by atoms with Crippen molar-refractivity contribution in [1.29, 1.82) is 0 Å². The van der Waals surface area contributed by atoms with Crippen LogP contribution in [0.5, 0.6) is 11.5 Å². The Morgan fingerprint density at radius 1 is 1.18 bits per heavy atom. The molecule has 3 nitrogen and oxygen atoms in total. The summed E-state index contributed by atoms with van der Waals surface area (Å²) >= 11 is 1.79.